The largest absolute Gasteiger partial charge is 0.378 e. The van der Waals surface area contributed by atoms with Gasteiger partial charge in [0.1, 0.15) is 5.82 Å². The van der Waals surface area contributed by atoms with Crippen molar-refractivity contribution in [3.05, 3.63) is 29.6 Å². The fourth-order valence-corrected chi connectivity index (χ4v) is 2.27. The number of aryl methyl sites for hydroxylation is 1. The number of nitrogens with one attached hydrogen (secondary N) is 2. The zero-order valence-corrected chi connectivity index (χ0v) is 11.7. The zero-order chi connectivity index (χ0) is 14.4. The Bertz CT molecular complexity index is 439. The monoisotopic (exact) mass is 280 g/mol. The van der Waals surface area contributed by atoms with Crippen LogP contribution < -0.4 is 10.6 Å². The molecule has 1 aliphatic rings. The van der Waals surface area contributed by atoms with Crippen molar-refractivity contribution in [1.29, 1.82) is 0 Å². The molecule has 0 atom stereocenters. The average Bonchev–Trinajstić information content (AvgIpc) is 2.44. The maximum Gasteiger partial charge on any atom is 0.226 e. The Morgan fingerprint density at radius 3 is 2.90 bits per heavy atom. The van der Waals surface area contributed by atoms with Crippen LogP contribution in [0.3, 0.4) is 0 Å². The van der Waals surface area contributed by atoms with Gasteiger partial charge in [-0.2, -0.15) is 0 Å². The van der Waals surface area contributed by atoms with Crippen molar-refractivity contribution in [3.8, 4) is 0 Å². The van der Waals surface area contributed by atoms with E-state index in [4.69, 9.17) is 4.74 Å². The molecule has 4 nitrogen and oxygen atoms in total. The summed E-state index contributed by atoms with van der Waals surface area (Å²) in [6.45, 7) is 4.07. The van der Waals surface area contributed by atoms with E-state index in [1.807, 2.05) is 0 Å². The highest BCUT2D eigenvalue weighted by molar-refractivity contribution is 5.91. The van der Waals surface area contributed by atoms with Crippen molar-refractivity contribution in [2.75, 3.05) is 25.0 Å². The summed E-state index contributed by atoms with van der Waals surface area (Å²) < 4.78 is 19.2. The van der Waals surface area contributed by atoms with Crippen molar-refractivity contribution in [2.45, 2.75) is 32.3 Å². The van der Waals surface area contributed by atoms with Crippen LogP contribution in [-0.2, 0) is 9.53 Å². The SMILES string of the molecule is Cc1cccc(F)c1NC(=O)CCOC1CCNCC1. The summed E-state index contributed by atoms with van der Waals surface area (Å²) in [6, 6.07) is 4.74. The molecule has 0 bridgehead atoms. The molecule has 1 fully saturated rings. The number of amides is 1. The first kappa shape index (κ1) is 14.9. The van der Waals surface area contributed by atoms with Gasteiger partial charge in [0, 0.05) is 0 Å². The summed E-state index contributed by atoms with van der Waals surface area (Å²) >= 11 is 0. The molecule has 0 radical (unpaired) electrons. The number of rotatable bonds is 5. The molecule has 1 aromatic carbocycles. The Morgan fingerprint density at radius 2 is 2.20 bits per heavy atom. The van der Waals surface area contributed by atoms with Crippen LogP contribution in [0.5, 0.6) is 0 Å². The van der Waals surface area contributed by atoms with Crippen molar-refractivity contribution >= 4 is 11.6 Å². The molecule has 1 aromatic rings. The molecule has 1 saturated heterocycles. The number of anilines is 1. The van der Waals surface area contributed by atoms with Crippen LogP contribution in [0.15, 0.2) is 18.2 Å². The van der Waals surface area contributed by atoms with Crippen LogP contribution in [0.4, 0.5) is 10.1 Å². The number of para-hydroxylation sites is 1. The molecule has 5 heteroatoms. The van der Waals surface area contributed by atoms with E-state index in [1.54, 1.807) is 19.1 Å². The van der Waals surface area contributed by atoms with Gasteiger partial charge in [0.15, 0.2) is 0 Å². The summed E-state index contributed by atoms with van der Waals surface area (Å²) in [5.74, 6) is -0.621. The van der Waals surface area contributed by atoms with Crippen LogP contribution in [0, 0.1) is 12.7 Å². The van der Waals surface area contributed by atoms with E-state index in [-0.39, 0.29) is 24.1 Å². The van der Waals surface area contributed by atoms with Crippen LogP contribution in [-0.4, -0.2) is 31.7 Å². The fourth-order valence-electron chi connectivity index (χ4n) is 2.27. The third-order valence-corrected chi connectivity index (χ3v) is 3.46. The Hall–Kier alpha value is -1.46. The van der Waals surface area contributed by atoms with E-state index < -0.39 is 5.82 Å². The molecule has 0 aromatic heterocycles. The first-order chi connectivity index (χ1) is 9.66. The normalized spacial score (nSPS) is 16.1. The minimum Gasteiger partial charge on any atom is -0.378 e. The minimum absolute atomic E-state index is 0.216. The summed E-state index contributed by atoms with van der Waals surface area (Å²) in [6.07, 6.45) is 2.44. The number of benzene rings is 1. The summed E-state index contributed by atoms with van der Waals surface area (Å²) in [5.41, 5.74) is 0.983. The molecule has 2 N–H and O–H groups in total. The Kier molecular flexibility index (Phi) is 5.49. The predicted molar refractivity (Wildman–Crippen MR) is 76.2 cm³/mol. The van der Waals surface area contributed by atoms with E-state index >= 15 is 0 Å². The number of carbonyl (C=O) groups excluding carboxylic acids is 1. The summed E-state index contributed by atoms with van der Waals surface area (Å²) in [5, 5.41) is 5.87. The third kappa shape index (κ3) is 4.28. The van der Waals surface area contributed by atoms with E-state index in [1.165, 1.54) is 6.07 Å². The highest BCUT2D eigenvalue weighted by Crippen LogP contribution is 2.18. The average molecular weight is 280 g/mol. The lowest BCUT2D eigenvalue weighted by Crippen LogP contribution is -2.33. The molecule has 0 unspecified atom stereocenters. The summed E-state index contributed by atoms with van der Waals surface area (Å²) in [7, 11) is 0. The standard InChI is InChI=1S/C15H21FN2O2/c1-11-3-2-4-13(16)15(11)18-14(19)7-10-20-12-5-8-17-9-6-12/h2-4,12,17H,5-10H2,1H3,(H,18,19). The third-order valence-electron chi connectivity index (χ3n) is 3.46. The van der Waals surface area contributed by atoms with Crippen molar-refractivity contribution < 1.29 is 13.9 Å². The number of ether oxygens (including phenoxy) is 1. The number of piperidine rings is 1. The van der Waals surface area contributed by atoms with Crippen LogP contribution in [0.2, 0.25) is 0 Å². The van der Waals surface area contributed by atoms with Gasteiger partial charge in [0.2, 0.25) is 5.91 Å². The maximum atomic E-state index is 13.6. The van der Waals surface area contributed by atoms with Crippen LogP contribution >= 0.6 is 0 Å². The molecule has 1 heterocycles. The first-order valence-corrected chi connectivity index (χ1v) is 7.04. The van der Waals surface area contributed by atoms with E-state index in [0.717, 1.165) is 31.5 Å². The first-order valence-electron chi connectivity index (χ1n) is 7.04. The van der Waals surface area contributed by atoms with Crippen molar-refractivity contribution in [1.82, 2.24) is 5.32 Å². The zero-order valence-electron chi connectivity index (χ0n) is 11.7. The molecule has 1 amide bonds. The number of halogens is 1. The van der Waals surface area contributed by atoms with Gasteiger partial charge in [0.05, 0.1) is 24.8 Å². The van der Waals surface area contributed by atoms with Gasteiger partial charge in [-0.25, -0.2) is 4.39 Å². The number of hydrogen-bond acceptors (Lipinski definition) is 3. The lowest BCUT2D eigenvalue weighted by atomic mass is 10.1. The van der Waals surface area contributed by atoms with Gasteiger partial charge in [-0.15, -0.1) is 0 Å². The number of carbonyl (C=O) groups is 1. The highest BCUT2D eigenvalue weighted by Gasteiger charge is 2.14. The smallest absolute Gasteiger partial charge is 0.226 e. The van der Waals surface area contributed by atoms with Gasteiger partial charge in [-0.05, 0) is 44.5 Å². The van der Waals surface area contributed by atoms with Gasteiger partial charge < -0.3 is 15.4 Å². The maximum absolute atomic E-state index is 13.6. The topological polar surface area (TPSA) is 50.4 Å². The second-order valence-electron chi connectivity index (χ2n) is 5.05. The molecule has 2 rings (SSSR count). The quantitative estimate of drug-likeness (QED) is 0.869. The molecule has 0 aliphatic carbocycles. The Labute approximate surface area is 118 Å². The number of hydrogen-bond donors (Lipinski definition) is 2. The Balaban J connectivity index is 1.75. The summed E-state index contributed by atoms with van der Waals surface area (Å²) in [4.78, 5) is 11.8. The van der Waals surface area contributed by atoms with Gasteiger partial charge in [-0.1, -0.05) is 12.1 Å². The fraction of sp³-hybridized carbons (Fsp3) is 0.533. The van der Waals surface area contributed by atoms with E-state index in [2.05, 4.69) is 10.6 Å². The molecular weight excluding hydrogens is 259 g/mol. The van der Waals surface area contributed by atoms with Gasteiger partial charge in [0.25, 0.3) is 0 Å². The minimum atomic E-state index is -0.405. The van der Waals surface area contributed by atoms with E-state index in [0.29, 0.717) is 6.61 Å². The second kappa shape index (κ2) is 7.36. The molecule has 0 saturated carbocycles. The lowest BCUT2D eigenvalue weighted by molar-refractivity contribution is -0.117. The van der Waals surface area contributed by atoms with Crippen molar-refractivity contribution in [3.63, 3.8) is 0 Å². The molecular formula is C15H21FN2O2. The van der Waals surface area contributed by atoms with Crippen LogP contribution in [0.1, 0.15) is 24.8 Å². The molecule has 1 aliphatic heterocycles. The molecule has 110 valence electrons. The van der Waals surface area contributed by atoms with Crippen LogP contribution in [0.25, 0.3) is 0 Å². The van der Waals surface area contributed by atoms with Crippen molar-refractivity contribution in [2.24, 2.45) is 0 Å². The molecule has 0 spiro atoms. The second-order valence-corrected chi connectivity index (χ2v) is 5.05. The van der Waals surface area contributed by atoms with Gasteiger partial charge >= 0.3 is 0 Å². The lowest BCUT2D eigenvalue weighted by Gasteiger charge is -2.22. The van der Waals surface area contributed by atoms with Gasteiger partial charge in [-0.3, -0.25) is 4.79 Å². The Morgan fingerprint density at radius 1 is 1.45 bits per heavy atom. The predicted octanol–water partition coefficient (Wildman–Crippen LogP) is 2.23. The van der Waals surface area contributed by atoms with E-state index in [9.17, 15) is 9.18 Å². The highest BCUT2D eigenvalue weighted by atomic mass is 19.1. The molecule has 20 heavy (non-hydrogen) atoms.